The predicted molar refractivity (Wildman–Crippen MR) is 88.2 cm³/mol. The third-order valence-electron chi connectivity index (χ3n) is 3.67. The van der Waals surface area contributed by atoms with Gasteiger partial charge >= 0.3 is 5.97 Å². The summed E-state index contributed by atoms with van der Waals surface area (Å²) in [4.78, 5) is 27.5. The van der Waals surface area contributed by atoms with Crippen molar-refractivity contribution >= 4 is 11.9 Å². The molecular formula is C17H21N3O5. The molecule has 8 heteroatoms. The van der Waals surface area contributed by atoms with E-state index in [1.54, 1.807) is 45.0 Å². The van der Waals surface area contributed by atoms with Gasteiger partial charge in [0.15, 0.2) is 6.61 Å². The zero-order chi connectivity index (χ0) is 18.4. The first kappa shape index (κ1) is 18.4. The molecule has 0 aliphatic rings. The van der Waals surface area contributed by atoms with Gasteiger partial charge in [-0.1, -0.05) is 17.3 Å². The van der Waals surface area contributed by atoms with Gasteiger partial charge in [-0.25, -0.2) is 0 Å². The molecule has 0 aliphatic heterocycles. The average Bonchev–Trinajstić information content (AvgIpc) is 2.98. The molecule has 1 aromatic heterocycles. The normalized spacial score (nSPS) is 11.2. The standard InChI is InChI=1S/C17H21N3O5/c1-11-19-14(20-25-11)10-24-13-7-5-4-6-12(13)15(21)18-9-8-17(2,3)16(22)23/h4-7H,8-10H2,1-3H3,(H,18,21)(H,22,23). The highest BCUT2D eigenvalue weighted by molar-refractivity contribution is 5.96. The van der Waals surface area contributed by atoms with E-state index < -0.39 is 11.4 Å². The quantitative estimate of drug-likeness (QED) is 0.752. The van der Waals surface area contributed by atoms with Crippen LogP contribution in [-0.2, 0) is 11.4 Å². The molecule has 134 valence electrons. The van der Waals surface area contributed by atoms with Gasteiger partial charge in [0.2, 0.25) is 11.7 Å². The van der Waals surface area contributed by atoms with Gasteiger partial charge in [0.05, 0.1) is 11.0 Å². The molecule has 0 aliphatic carbocycles. The lowest BCUT2D eigenvalue weighted by Crippen LogP contribution is -2.32. The highest BCUT2D eigenvalue weighted by Gasteiger charge is 2.26. The number of carbonyl (C=O) groups is 2. The second kappa shape index (κ2) is 7.78. The fourth-order valence-corrected chi connectivity index (χ4v) is 2.01. The van der Waals surface area contributed by atoms with E-state index in [0.29, 0.717) is 29.4 Å². The minimum absolute atomic E-state index is 0.0771. The highest BCUT2D eigenvalue weighted by atomic mass is 16.5. The van der Waals surface area contributed by atoms with Gasteiger partial charge in [-0.2, -0.15) is 4.98 Å². The summed E-state index contributed by atoms with van der Waals surface area (Å²) in [7, 11) is 0. The molecular weight excluding hydrogens is 326 g/mol. The second-order valence-electron chi connectivity index (χ2n) is 6.21. The third-order valence-corrected chi connectivity index (χ3v) is 3.67. The maximum Gasteiger partial charge on any atom is 0.309 e. The van der Waals surface area contributed by atoms with Crippen molar-refractivity contribution in [2.24, 2.45) is 5.41 Å². The highest BCUT2D eigenvalue weighted by Crippen LogP contribution is 2.21. The zero-order valence-electron chi connectivity index (χ0n) is 14.4. The Morgan fingerprint density at radius 1 is 1.32 bits per heavy atom. The van der Waals surface area contributed by atoms with E-state index in [1.807, 2.05) is 0 Å². The van der Waals surface area contributed by atoms with Crippen molar-refractivity contribution in [2.75, 3.05) is 6.54 Å². The van der Waals surface area contributed by atoms with E-state index in [9.17, 15) is 9.59 Å². The van der Waals surface area contributed by atoms with E-state index in [2.05, 4.69) is 15.5 Å². The third kappa shape index (κ3) is 5.03. The molecule has 1 heterocycles. The monoisotopic (exact) mass is 347 g/mol. The van der Waals surface area contributed by atoms with Crippen LogP contribution in [0.4, 0.5) is 0 Å². The number of para-hydroxylation sites is 1. The van der Waals surface area contributed by atoms with Gasteiger partial charge in [-0.15, -0.1) is 0 Å². The van der Waals surface area contributed by atoms with Crippen LogP contribution in [0.5, 0.6) is 5.75 Å². The number of amides is 1. The Bertz CT molecular complexity index is 754. The minimum atomic E-state index is -0.903. The van der Waals surface area contributed by atoms with Crippen LogP contribution >= 0.6 is 0 Å². The number of carboxylic acid groups (broad SMARTS) is 1. The van der Waals surface area contributed by atoms with Crippen LogP contribution in [0, 0.1) is 12.3 Å². The molecule has 0 saturated carbocycles. The molecule has 0 unspecified atom stereocenters. The molecule has 25 heavy (non-hydrogen) atoms. The molecule has 2 rings (SSSR count). The zero-order valence-corrected chi connectivity index (χ0v) is 14.4. The molecule has 2 N–H and O–H groups in total. The van der Waals surface area contributed by atoms with Crippen LogP contribution in [0.2, 0.25) is 0 Å². The smallest absolute Gasteiger partial charge is 0.309 e. The molecule has 1 amide bonds. The fourth-order valence-electron chi connectivity index (χ4n) is 2.01. The van der Waals surface area contributed by atoms with Crippen molar-refractivity contribution in [2.45, 2.75) is 33.8 Å². The molecule has 0 radical (unpaired) electrons. The van der Waals surface area contributed by atoms with Crippen molar-refractivity contribution in [3.63, 3.8) is 0 Å². The van der Waals surface area contributed by atoms with Gasteiger partial charge in [-0.3, -0.25) is 9.59 Å². The topological polar surface area (TPSA) is 115 Å². The molecule has 2 aromatic rings. The van der Waals surface area contributed by atoms with Gasteiger partial charge in [-0.05, 0) is 32.4 Å². The lowest BCUT2D eigenvalue weighted by atomic mass is 9.90. The number of carbonyl (C=O) groups excluding carboxylic acids is 1. The number of aryl methyl sites for hydroxylation is 1. The SMILES string of the molecule is Cc1nc(COc2ccccc2C(=O)NCCC(C)(C)C(=O)O)no1. The largest absolute Gasteiger partial charge is 0.485 e. The van der Waals surface area contributed by atoms with E-state index in [0.717, 1.165) is 0 Å². The Morgan fingerprint density at radius 2 is 2.04 bits per heavy atom. The number of nitrogens with one attached hydrogen (secondary N) is 1. The number of aromatic nitrogens is 2. The molecule has 0 saturated heterocycles. The maximum atomic E-state index is 12.3. The molecule has 1 aromatic carbocycles. The number of nitrogens with zero attached hydrogens (tertiary/aromatic N) is 2. The minimum Gasteiger partial charge on any atom is -0.485 e. The van der Waals surface area contributed by atoms with Gasteiger partial charge in [0.25, 0.3) is 5.91 Å². The van der Waals surface area contributed by atoms with Crippen LogP contribution in [0.25, 0.3) is 0 Å². The molecule has 8 nitrogen and oxygen atoms in total. The van der Waals surface area contributed by atoms with Gasteiger partial charge in [0, 0.05) is 13.5 Å². The lowest BCUT2D eigenvalue weighted by Gasteiger charge is -2.19. The summed E-state index contributed by atoms with van der Waals surface area (Å²) in [6.45, 7) is 5.23. The summed E-state index contributed by atoms with van der Waals surface area (Å²) >= 11 is 0. The van der Waals surface area contributed by atoms with Crippen molar-refractivity contribution in [3.05, 3.63) is 41.5 Å². The van der Waals surface area contributed by atoms with Crippen molar-refractivity contribution in [1.82, 2.24) is 15.5 Å². The van der Waals surface area contributed by atoms with Crippen LogP contribution in [0.1, 0.15) is 42.3 Å². The maximum absolute atomic E-state index is 12.3. The average molecular weight is 347 g/mol. The number of hydrogen-bond acceptors (Lipinski definition) is 6. The molecule has 0 bridgehead atoms. The summed E-state index contributed by atoms with van der Waals surface area (Å²) in [5, 5.41) is 15.5. The Hall–Kier alpha value is -2.90. The Balaban J connectivity index is 1.96. The van der Waals surface area contributed by atoms with Gasteiger partial charge in [0.1, 0.15) is 5.75 Å². The summed E-state index contributed by atoms with van der Waals surface area (Å²) in [6, 6.07) is 6.78. The number of benzene rings is 1. The lowest BCUT2D eigenvalue weighted by molar-refractivity contribution is -0.147. The number of aliphatic carboxylic acids is 1. The second-order valence-corrected chi connectivity index (χ2v) is 6.21. The van der Waals surface area contributed by atoms with E-state index in [4.69, 9.17) is 14.4 Å². The number of ether oxygens (including phenoxy) is 1. The summed E-state index contributed by atoms with van der Waals surface area (Å²) in [5.74, 6) is -0.0245. The fraction of sp³-hybridized carbons (Fsp3) is 0.412. The van der Waals surface area contributed by atoms with Crippen molar-refractivity contribution in [1.29, 1.82) is 0 Å². The van der Waals surface area contributed by atoms with E-state index in [1.165, 1.54) is 0 Å². The van der Waals surface area contributed by atoms with Gasteiger partial charge < -0.3 is 19.7 Å². The van der Waals surface area contributed by atoms with Crippen molar-refractivity contribution < 1.29 is 24.0 Å². The molecule has 0 fully saturated rings. The van der Waals surface area contributed by atoms with Crippen LogP contribution in [-0.4, -0.2) is 33.7 Å². The Kier molecular flexibility index (Phi) is 5.74. The van der Waals surface area contributed by atoms with Crippen molar-refractivity contribution in [3.8, 4) is 5.75 Å². The van der Waals surface area contributed by atoms with Crippen LogP contribution in [0.3, 0.4) is 0 Å². The van der Waals surface area contributed by atoms with E-state index >= 15 is 0 Å². The van der Waals surface area contributed by atoms with Crippen LogP contribution < -0.4 is 10.1 Å². The summed E-state index contributed by atoms with van der Waals surface area (Å²) in [5.41, 5.74) is -0.546. The number of hydrogen-bond donors (Lipinski definition) is 2. The first-order valence-corrected chi connectivity index (χ1v) is 7.82. The number of rotatable bonds is 8. The molecule has 0 spiro atoms. The Morgan fingerprint density at radius 3 is 2.68 bits per heavy atom. The first-order valence-electron chi connectivity index (χ1n) is 7.82. The predicted octanol–water partition coefficient (Wildman–Crippen LogP) is 2.19. The molecule has 0 atom stereocenters. The first-order chi connectivity index (χ1) is 11.8. The summed E-state index contributed by atoms with van der Waals surface area (Å²) < 4.78 is 10.5. The van der Waals surface area contributed by atoms with Crippen LogP contribution in [0.15, 0.2) is 28.8 Å². The Labute approximate surface area is 145 Å². The summed E-state index contributed by atoms with van der Waals surface area (Å²) in [6.07, 6.45) is 0.319. The number of carboxylic acids is 1. The van der Waals surface area contributed by atoms with E-state index in [-0.39, 0.29) is 19.1 Å².